The molecule has 4 aliphatic rings. The summed E-state index contributed by atoms with van der Waals surface area (Å²) >= 11 is 0. The Morgan fingerprint density at radius 2 is 1.75 bits per heavy atom. The number of amides is 4. The number of halogens is 3. The summed E-state index contributed by atoms with van der Waals surface area (Å²) in [4.78, 5) is 65.1. The van der Waals surface area contributed by atoms with Crippen LogP contribution in [0.15, 0.2) is 42.6 Å². The number of anilines is 5. The third kappa shape index (κ3) is 9.24. The van der Waals surface area contributed by atoms with Gasteiger partial charge in [0, 0.05) is 57.3 Å². The van der Waals surface area contributed by atoms with Gasteiger partial charge in [-0.1, -0.05) is 6.07 Å². The number of piperidine rings is 1. The molecule has 4 heterocycles. The van der Waals surface area contributed by atoms with Gasteiger partial charge in [-0.15, -0.1) is 0 Å². The lowest BCUT2D eigenvalue weighted by Gasteiger charge is -2.37. The van der Waals surface area contributed by atoms with E-state index in [-0.39, 0.29) is 59.5 Å². The first-order valence-electron chi connectivity index (χ1n) is 20.4. The molecule has 2 saturated heterocycles. The zero-order valence-corrected chi connectivity index (χ0v) is 33.9. The number of hydrogen-bond acceptors (Lipinski definition) is 11. The van der Waals surface area contributed by atoms with Gasteiger partial charge in [-0.2, -0.15) is 13.8 Å². The molecule has 17 heteroatoms. The van der Waals surface area contributed by atoms with E-state index in [1.54, 1.807) is 44.2 Å². The molecule has 3 aromatic rings. The van der Waals surface area contributed by atoms with Crippen LogP contribution in [-0.2, 0) is 14.4 Å². The fourth-order valence-electron chi connectivity index (χ4n) is 8.52. The molecule has 0 spiro atoms. The van der Waals surface area contributed by atoms with Gasteiger partial charge in [-0.05, 0) is 101 Å². The number of methoxy groups -OCH3 is 1. The van der Waals surface area contributed by atoms with Crippen molar-refractivity contribution in [3.8, 4) is 5.75 Å². The number of fused-ring (bicyclic) bond motifs is 1. The number of nitrogens with zero attached hydrogens (tertiary/aromatic N) is 6. The first-order chi connectivity index (χ1) is 28.2. The summed E-state index contributed by atoms with van der Waals surface area (Å²) in [6.07, 6.45) is 6.82. The second-order valence-corrected chi connectivity index (χ2v) is 16.3. The largest absolute Gasteiger partial charge is 0.495 e. The van der Waals surface area contributed by atoms with Crippen molar-refractivity contribution in [2.45, 2.75) is 82.7 Å². The molecular formula is C42H52F3N9O5. The molecule has 59 heavy (non-hydrogen) atoms. The maximum Gasteiger partial charge on any atom is 0.342 e. The fraction of sp³-hybridized carbons (Fsp3) is 0.524. The molecule has 3 N–H and O–H groups in total. The summed E-state index contributed by atoms with van der Waals surface area (Å²) in [7, 11) is 2.76. The maximum absolute atomic E-state index is 15.2. The van der Waals surface area contributed by atoms with E-state index in [1.165, 1.54) is 31.3 Å². The van der Waals surface area contributed by atoms with E-state index >= 15 is 4.39 Å². The summed E-state index contributed by atoms with van der Waals surface area (Å²) < 4.78 is 50.3. The van der Waals surface area contributed by atoms with Crippen molar-refractivity contribution in [2.75, 3.05) is 73.4 Å². The third-order valence-electron chi connectivity index (χ3n) is 12.1. The third-order valence-corrected chi connectivity index (χ3v) is 12.1. The van der Waals surface area contributed by atoms with E-state index in [4.69, 9.17) is 4.74 Å². The first-order valence-corrected chi connectivity index (χ1v) is 20.4. The van der Waals surface area contributed by atoms with Crippen LogP contribution in [0.1, 0.15) is 80.6 Å². The van der Waals surface area contributed by atoms with Crippen LogP contribution in [0.25, 0.3) is 0 Å². The lowest BCUT2D eigenvalue weighted by molar-refractivity contribution is -0.140. The van der Waals surface area contributed by atoms with Crippen LogP contribution in [0.5, 0.6) is 5.75 Å². The number of benzene rings is 2. The van der Waals surface area contributed by atoms with Crippen LogP contribution in [0, 0.1) is 11.7 Å². The summed E-state index contributed by atoms with van der Waals surface area (Å²) in [5.74, 6) is -5.42. The molecule has 1 aliphatic carbocycles. The Balaban J connectivity index is 0.867. The number of hydrogen-bond donors (Lipinski definition) is 3. The predicted octanol–water partition coefficient (Wildman–Crippen LogP) is 5.22. The molecular weight excluding hydrogens is 768 g/mol. The summed E-state index contributed by atoms with van der Waals surface area (Å²) in [6, 6.07) is 9.64. The molecule has 0 bridgehead atoms. The van der Waals surface area contributed by atoms with Crippen molar-refractivity contribution in [2.24, 2.45) is 5.92 Å². The molecule has 1 saturated carbocycles. The number of nitrogens with one attached hydrogen (secondary N) is 3. The van der Waals surface area contributed by atoms with E-state index in [2.05, 4.69) is 35.7 Å². The highest BCUT2D eigenvalue weighted by Gasteiger charge is 2.47. The smallest absolute Gasteiger partial charge is 0.342 e. The van der Waals surface area contributed by atoms with Crippen LogP contribution in [0.3, 0.4) is 0 Å². The van der Waals surface area contributed by atoms with Crippen LogP contribution in [-0.4, -0.2) is 110 Å². The summed E-state index contributed by atoms with van der Waals surface area (Å²) in [5, 5.41) is 8.60. The average Bonchev–Trinajstić information content (AvgIpc) is 3.29. The molecule has 1 atom stereocenters. The number of carbonyl (C=O) groups excluding carboxylic acids is 4. The summed E-state index contributed by atoms with van der Waals surface area (Å²) in [6.45, 7) is 6.72. The topological polar surface area (TPSA) is 152 Å². The molecule has 0 radical (unpaired) electrons. The van der Waals surface area contributed by atoms with Crippen LogP contribution in [0.4, 0.5) is 42.0 Å². The van der Waals surface area contributed by atoms with Gasteiger partial charge < -0.3 is 30.1 Å². The number of aromatic nitrogens is 2. The highest BCUT2D eigenvalue weighted by molar-refractivity contribution is 6.02. The Hall–Kier alpha value is -5.45. The Kier molecular flexibility index (Phi) is 12.3. The lowest BCUT2D eigenvalue weighted by Crippen LogP contribution is -2.47. The van der Waals surface area contributed by atoms with Gasteiger partial charge in [0.25, 0.3) is 11.8 Å². The number of ether oxygens (including phenoxy) is 1. The van der Waals surface area contributed by atoms with Crippen molar-refractivity contribution in [3.63, 3.8) is 0 Å². The van der Waals surface area contributed by atoms with E-state index < -0.39 is 24.3 Å². The van der Waals surface area contributed by atoms with E-state index in [0.29, 0.717) is 53.7 Å². The second-order valence-electron chi connectivity index (χ2n) is 16.3. The molecule has 3 fully saturated rings. The van der Waals surface area contributed by atoms with Crippen molar-refractivity contribution >= 4 is 52.5 Å². The molecule has 14 nitrogen and oxygen atoms in total. The Labute approximate surface area is 341 Å². The zero-order valence-electron chi connectivity index (χ0n) is 33.9. The summed E-state index contributed by atoms with van der Waals surface area (Å²) in [5.41, 5.74) is 2.19. The van der Waals surface area contributed by atoms with E-state index in [0.717, 1.165) is 56.6 Å². The van der Waals surface area contributed by atoms with Gasteiger partial charge in [0.2, 0.25) is 17.8 Å². The normalized spacial score (nSPS) is 22.5. The minimum absolute atomic E-state index is 0.0524. The van der Waals surface area contributed by atoms with Crippen molar-refractivity contribution in [1.29, 1.82) is 0 Å². The Morgan fingerprint density at radius 1 is 1.00 bits per heavy atom. The zero-order chi connectivity index (χ0) is 42.0. The monoisotopic (exact) mass is 819 g/mol. The van der Waals surface area contributed by atoms with Gasteiger partial charge in [-0.3, -0.25) is 29.4 Å². The van der Waals surface area contributed by atoms with Gasteiger partial charge >= 0.3 is 5.92 Å². The highest BCUT2D eigenvalue weighted by Crippen LogP contribution is 2.38. The van der Waals surface area contributed by atoms with Gasteiger partial charge in [0.1, 0.15) is 17.3 Å². The number of carbonyl (C=O) groups is 4. The Bertz CT molecular complexity index is 2070. The minimum atomic E-state index is -3.60. The van der Waals surface area contributed by atoms with Gasteiger partial charge in [0.15, 0.2) is 5.82 Å². The van der Waals surface area contributed by atoms with E-state index in [1.807, 2.05) is 0 Å². The number of alkyl halides is 2. The molecule has 7 rings (SSSR count). The van der Waals surface area contributed by atoms with Gasteiger partial charge in [0.05, 0.1) is 37.1 Å². The Morgan fingerprint density at radius 3 is 2.42 bits per heavy atom. The molecule has 1 aromatic heterocycles. The van der Waals surface area contributed by atoms with Crippen LogP contribution < -0.4 is 35.4 Å². The van der Waals surface area contributed by atoms with Crippen molar-refractivity contribution < 1.29 is 37.1 Å². The minimum Gasteiger partial charge on any atom is -0.495 e. The molecule has 4 amide bonds. The fourth-order valence-corrected chi connectivity index (χ4v) is 8.52. The van der Waals surface area contributed by atoms with Gasteiger partial charge in [-0.25, -0.2) is 9.37 Å². The quantitative estimate of drug-likeness (QED) is 0.219. The molecule has 2 aromatic carbocycles. The maximum atomic E-state index is 15.2. The molecule has 1 unspecified atom stereocenters. The number of rotatable bonds is 11. The predicted molar refractivity (Wildman–Crippen MR) is 217 cm³/mol. The van der Waals surface area contributed by atoms with Crippen molar-refractivity contribution in [1.82, 2.24) is 25.5 Å². The van der Waals surface area contributed by atoms with Crippen molar-refractivity contribution in [3.05, 3.63) is 59.5 Å². The van der Waals surface area contributed by atoms with Crippen LogP contribution in [0.2, 0.25) is 0 Å². The van der Waals surface area contributed by atoms with E-state index in [9.17, 15) is 28.0 Å². The highest BCUT2D eigenvalue weighted by atomic mass is 19.3. The lowest BCUT2D eigenvalue weighted by atomic mass is 9.84. The van der Waals surface area contributed by atoms with Crippen LogP contribution >= 0.6 is 0 Å². The number of imide groups is 1. The standard InChI is InChI=1S/C42H52F3N9O5/c1-25(2)54-24-42(44,45)40(58)51(3)34-23-46-41(50-37(34)54)48-32-12-7-28(22-35(32)59-4)38(56)47-29-9-5-26(6-10-29)15-16-52-17-19-53(20-18-52)33-13-8-27(21-31(33)43)30-11-14-36(55)49-39(30)57/h7-8,12-13,21-23,25-26,29-30H,5-6,9-11,14-20,24H2,1-4H3,(H,47,56)(H,46,48,50)(H,49,55,57)/t26-,29+,30?. The molecule has 3 aliphatic heterocycles. The average molecular weight is 820 g/mol. The SMILES string of the molecule is COc1cc(C(=O)N[C@H]2CC[C@@H](CCN3CCN(c4ccc(C5CCC(=O)NC5=O)cc4F)CC3)CC2)ccc1Nc1ncc2c(n1)N(C(C)C)CC(F)(F)C(=O)N2C. The second kappa shape index (κ2) is 17.4. The first kappa shape index (κ1) is 41.7. The number of piperazine rings is 1. The molecule has 316 valence electrons.